The van der Waals surface area contributed by atoms with Crippen molar-refractivity contribution < 1.29 is 13.2 Å². The second-order valence-electron chi connectivity index (χ2n) is 7.28. The maximum absolute atomic E-state index is 12.2. The number of piperidine rings is 1. The lowest BCUT2D eigenvalue weighted by atomic mass is 9.99. The number of amides is 1. The number of aryl methyl sites for hydroxylation is 1. The predicted octanol–water partition coefficient (Wildman–Crippen LogP) is 2.00. The Balaban J connectivity index is 1.82. The average molecular weight is 382 g/mol. The van der Waals surface area contributed by atoms with Crippen LogP contribution >= 0.6 is 0 Å². The number of hydrogen-bond acceptors (Lipinski definition) is 4. The van der Waals surface area contributed by atoms with Crippen LogP contribution in [0.3, 0.4) is 0 Å². The van der Waals surface area contributed by atoms with E-state index in [4.69, 9.17) is 0 Å². The fraction of sp³-hybridized carbons (Fsp3) is 0.632. The first kappa shape index (κ1) is 20.7. The van der Waals surface area contributed by atoms with Gasteiger partial charge >= 0.3 is 0 Å². The Kier molecular flexibility index (Phi) is 7.46. The van der Waals surface area contributed by atoms with Gasteiger partial charge in [0.05, 0.1) is 11.9 Å². The quantitative estimate of drug-likeness (QED) is 0.699. The van der Waals surface area contributed by atoms with Crippen LogP contribution in [0.4, 0.5) is 5.69 Å². The number of likely N-dealkylation sites (tertiary alicyclic amines) is 1. The highest BCUT2D eigenvalue weighted by atomic mass is 32.2. The van der Waals surface area contributed by atoms with E-state index in [1.807, 2.05) is 19.1 Å². The van der Waals surface area contributed by atoms with Crippen LogP contribution in [0.25, 0.3) is 0 Å². The molecule has 1 aromatic rings. The summed E-state index contributed by atoms with van der Waals surface area (Å²) in [5, 5.41) is 2.85. The molecule has 7 heteroatoms. The minimum atomic E-state index is -3.52. The molecule has 6 nitrogen and oxygen atoms in total. The fourth-order valence-electron chi connectivity index (χ4n) is 3.23. The van der Waals surface area contributed by atoms with Gasteiger partial charge in [-0.15, -0.1) is 0 Å². The molecule has 1 aliphatic rings. The van der Waals surface area contributed by atoms with E-state index in [2.05, 4.69) is 17.1 Å². The van der Waals surface area contributed by atoms with Crippen LogP contribution in [0.1, 0.15) is 31.7 Å². The first-order valence-corrected chi connectivity index (χ1v) is 11.1. The molecule has 2 rings (SSSR count). The summed E-state index contributed by atoms with van der Waals surface area (Å²) in [5.41, 5.74) is 1.37. The van der Waals surface area contributed by atoms with Gasteiger partial charge in [0.25, 0.3) is 0 Å². The number of nitrogens with zero attached hydrogens (tertiary/aromatic N) is 2. The van der Waals surface area contributed by atoms with Crippen molar-refractivity contribution in [3.05, 3.63) is 29.8 Å². The van der Waals surface area contributed by atoms with E-state index >= 15 is 0 Å². The summed E-state index contributed by atoms with van der Waals surface area (Å²) < 4.78 is 25.4. The maximum Gasteiger partial charge on any atom is 0.240 e. The summed E-state index contributed by atoms with van der Waals surface area (Å²) in [4.78, 5) is 14.7. The van der Waals surface area contributed by atoms with Gasteiger partial charge in [-0.3, -0.25) is 9.10 Å². The largest absolute Gasteiger partial charge is 0.354 e. The normalized spacial score (nSPS) is 16.4. The Hall–Kier alpha value is -1.60. The van der Waals surface area contributed by atoms with Gasteiger partial charge in [-0.05, 0) is 63.4 Å². The topological polar surface area (TPSA) is 69.7 Å². The molecule has 1 amide bonds. The van der Waals surface area contributed by atoms with Crippen molar-refractivity contribution in [2.45, 2.75) is 33.1 Å². The van der Waals surface area contributed by atoms with Gasteiger partial charge in [-0.2, -0.15) is 0 Å². The Morgan fingerprint density at radius 3 is 2.54 bits per heavy atom. The van der Waals surface area contributed by atoms with Crippen LogP contribution in [-0.2, 0) is 14.8 Å². The molecular weight excluding hydrogens is 350 g/mol. The van der Waals surface area contributed by atoms with E-state index in [1.54, 1.807) is 12.1 Å². The summed E-state index contributed by atoms with van der Waals surface area (Å²) in [6.45, 7) is 7.74. The van der Waals surface area contributed by atoms with Gasteiger partial charge in [-0.1, -0.05) is 25.1 Å². The van der Waals surface area contributed by atoms with Crippen molar-refractivity contribution in [3.63, 3.8) is 0 Å². The monoisotopic (exact) mass is 381 g/mol. The number of hydrogen-bond donors (Lipinski definition) is 1. The van der Waals surface area contributed by atoms with Crippen molar-refractivity contribution in [1.29, 1.82) is 0 Å². The molecule has 0 radical (unpaired) electrons. The molecule has 0 spiro atoms. The van der Waals surface area contributed by atoms with E-state index in [0.29, 0.717) is 12.2 Å². The molecule has 0 bridgehead atoms. The fourth-order valence-corrected chi connectivity index (χ4v) is 4.14. The number of nitrogens with one attached hydrogen (secondary N) is 1. The SMILES string of the molecule is Cc1ccccc1N(CC(=O)NCCCN1CCC(C)CC1)S(C)(=O)=O. The zero-order valence-corrected chi connectivity index (χ0v) is 16.9. The molecule has 0 aromatic heterocycles. The molecule has 0 aliphatic carbocycles. The van der Waals surface area contributed by atoms with E-state index in [9.17, 15) is 13.2 Å². The van der Waals surface area contributed by atoms with Gasteiger partial charge in [0, 0.05) is 6.54 Å². The predicted molar refractivity (Wildman–Crippen MR) is 106 cm³/mol. The lowest BCUT2D eigenvalue weighted by Gasteiger charge is -2.30. The highest BCUT2D eigenvalue weighted by Crippen LogP contribution is 2.21. The lowest BCUT2D eigenvalue weighted by Crippen LogP contribution is -2.41. The molecule has 26 heavy (non-hydrogen) atoms. The second-order valence-corrected chi connectivity index (χ2v) is 9.19. The van der Waals surface area contributed by atoms with Crippen LogP contribution < -0.4 is 9.62 Å². The van der Waals surface area contributed by atoms with Gasteiger partial charge in [0.1, 0.15) is 6.54 Å². The zero-order valence-electron chi connectivity index (χ0n) is 16.1. The van der Waals surface area contributed by atoms with Crippen molar-refractivity contribution in [2.75, 3.05) is 43.3 Å². The van der Waals surface area contributed by atoms with E-state index < -0.39 is 10.0 Å². The maximum atomic E-state index is 12.2. The molecule has 1 aromatic carbocycles. The van der Waals surface area contributed by atoms with E-state index in [0.717, 1.165) is 43.8 Å². The van der Waals surface area contributed by atoms with Crippen molar-refractivity contribution in [3.8, 4) is 0 Å². The smallest absolute Gasteiger partial charge is 0.240 e. The summed E-state index contributed by atoms with van der Waals surface area (Å²) in [6.07, 6.45) is 4.49. The number of carbonyl (C=O) groups is 1. The molecule has 1 N–H and O–H groups in total. The molecular formula is C19H31N3O3S. The molecule has 0 unspecified atom stereocenters. The first-order valence-electron chi connectivity index (χ1n) is 9.30. The van der Waals surface area contributed by atoms with Gasteiger partial charge in [-0.25, -0.2) is 8.42 Å². The van der Waals surface area contributed by atoms with Crippen LogP contribution in [-0.4, -0.2) is 58.2 Å². The number of rotatable bonds is 8. The minimum Gasteiger partial charge on any atom is -0.354 e. The Labute approximate surface area is 157 Å². The number of para-hydroxylation sites is 1. The van der Waals surface area contributed by atoms with Crippen LogP contribution in [0, 0.1) is 12.8 Å². The van der Waals surface area contributed by atoms with Crippen LogP contribution in [0.2, 0.25) is 0 Å². The van der Waals surface area contributed by atoms with Crippen molar-refractivity contribution in [2.24, 2.45) is 5.92 Å². The zero-order chi connectivity index (χ0) is 19.2. The Bertz CT molecular complexity index is 698. The third kappa shape index (κ3) is 6.29. The average Bonchev–Trinajstić information content (AvgIpc) is 2.58. The Morgan fingerprint density at radius 1 is 1.27 bits per heavy atom. The molecule has 1 fully saturated rings. The summed E-state index contributed by atoms with van der Waals surface area (Å²) in [5.74, 6) is 0.542. The molecule has 1 saturated heterocycles. The third-order valence-electron chi connectivity index (χ3n) is 4.92. The number of carbonyl (C=O) groups excluding carboxylic acids is 1. The molecule has 0 atom stereocenters. The van der Waals surface area contributed by atoms with Crippen molar-refractivity contribution in [1.82, 2.24) is 10.2 Å². The third-order valence-corrected chi connectivity index (χ3v) is 6.05. The molecule has 1 heterocycles. The minimum absolute atomic E-state index is 0.190. The standard InChI is InChI=1S/C19H31N3O3S/c1-16-9-13-21(14-10-16)12-6-11-20-19(23)15-22(26(3,24)25)18-8-5-4-7-17(18)2/h4-5,7-8,16H,6,9-15H2,1-3H3,(H,20,23). The lowest BCUT2D eigenvalue weighted by molar-refractivity contribution is -0.119. The second kappa shape index (κ2) is 9.37. The molecule has 0 saturated carbocycles. The number of benzene rings is 1. The highest BCUT2D eigenvalue weighted by molar-refractivity contribution is 7.92. The highest BCUT2D eigenvalue weighted by Gasteiger charge is 2.22. The van der Waals surface area contributed by atoms with Gasteiger partial charge < -0.3 is 10.2 Å². The van der Waals surface area contributed by atoms with E-state index in [1.165, 1.54) is 17.1 Å². The first-order chi connectivity index (χ1) is 12.3. The number of anilines is 1. The van der Waals surface area contributed by atoms with Crippen molar-refractivity contribution >= 4 is 21.6 Å². The molecule has 1 aliphatic heterocycles. The van der Waals surface area contributed by atoms with Crippen LogP contribution in [0.5, 0.6) is 0 Å². The molecule has 146 valence electrons. The summed E-state index contributed by atoms with van der Waals surface area (Å²) >= 11 is 0. The Morgan fingerprint density at radius 2 is 1.92 bits per heavy atom. The summed E-state index contributed by atoms with van der Waals surface area (Å²) in [7, 11) is -3.52. The van der Waals surface area contributed by atoms with Gasteiger partial charge in [0.2, 0.25) is 15.9 Å². The number of sulfonamides is 1. The van der Waals surface area contributed by atoms with Gasteiger partial charge in [0.15, 0.2) is 0 Å². The van der Waals surface area contributed by atoms with Crippen LogP contribution in [0.15, 0.2) is 24.3 Å². The summed E-state index contributed by atoms with van der Waals surface area (Å²) in [6, 6.07) is 7.19. The van der Waals surface area contributed by atoms with E-state index in [-0.39, 0.29) is 12.5 Å².